The van der Waals surface area contributed by atoms with Gasteiger partial charge >= 0.3 is 11.9 Å². The number of aromatic nitrogens is 3. The molecule has 32 heavy (non-hydrogen) atoms. The van der Waals surface area contributed by atoms with Crippen LogP contribution < -0.4 is 11.4 Å². The lowest BCUT2D eigenvalue weighted by Gasteiger charge is -2.17. The summed E-state index contributed by atoms with van der Waals surface area (Å²) in [5, 5.41) is 4.51. The summed E-state index contributed by atoms with van der Waals surface area (Å²) < 4.78 is 39.9. The van der Waals surface area contributed by atoms with Gasteiger partial charge in [-0.2, -0.15) is 17.9 Å². The van der Waals surface area contributed by atoms with Crippen molar-refractivity contribution in [2.45, 2.75) is 33.4 Å². The van der Waals surface area contributed by atoms with Crippen molar-refractivity contribution in [3.05, 3.63) is 69.1 Å². The van der Waals surface area contributed by atoms with Crippen molar-refractivity contribution in [3.8, 4) is 17.1 Å². The Morgan fingerprint density at radius 2 is 1.91 bits per heavy atom. The number of H-pyrrole nitrogens is 1. The topological polar surface area (TPSA) is 89.1 Å². The summed E-state index contributed by atoms with van der Waals surface area (Å²) in [6, 6.07) is 9.65. The van der Waals surface area contributed by atoms with Gasteiger partial charge in [0.15, 0.2) is 5.82 Å². The van der Waals surface area contributed by atoms with Crippen LogP contribution in [0.25, 0.3) is 17.1 Å². The van der Waals surface area contributed by atoms with Gasteiger partial charge in [-0.15, -0.1) is 5.10 Å². The number of benzene rings is 2. The number of hydrogen-bond acceptors (Lipinski definition) is 3. The maximum absolute atomic E-state index is 13.0. The molecule has 0 spiro atoms. The van der Waals surface area contributed by atoms with Crippen LogP contribution in [0.15, 0.2) is 52.3 Å². The first-order chi connectivity index (χ1) is 14.9. The highest BCUT2D eigenvalue weighted by Crippen LogP contribution is 2.30. The maximum Gasteiger partial charge on any atom is 0.416 e. The second-order valence-electron chi connectivity index (χ2n) is 8.32. The molecule has 0 radical (unpaired) electrons. The third-order valence-electron chi connectivity index (χ3n) is 4.77. The van der Waals surface area contributed by atoms with Crippen LogP contribution >= 0.6 is 11.6 Å². The third-order valence-corrected chi connectivity index (χ3v) is 5.10. The SMILES string of the molecule is CC(C)(C)C(N)=NCCc1ccc(Cl)c(-c2nn(-c3cccc(C(F)(F)F)c3)c(=O)[nH]2)c1. The van der Waals surface area contributed by atoms with E-state index >= 15 is 0 Å². The number of amidine groups is 1. The van der Waals surface area contributed by atoms with Gasteiger partial charge in [-0.25, -0.2) is 4.79 Å². The molecule has 0 amide bonds. The fourth-order valence-electron chi connectivity index (χ4n) is 2.89. The van der Waals surface area contributed by atoms with E-state index in [9.17, 15) is 18.0 Å². The highest BCUT2D eigenvalue weighted by atomic mass is 35.5. The second kappa shape index (κ2) is 8.82. The first-order valence-electron chi connectivity index (χ1n) is 9.82. The first kappa shape index (κ1) is 23.6. The summed E-state index contributed by atoms with van der Waals surface area (Å²) in [5.41, 5.74) is 5.55. The molecule has 3 rings (SSSR count). The van der Waals surface area contributed by atoms with Crippen LogP contribution in [0.1, 0.15) is 31.9 Å². The van der Waals surface area contributed by atoms with E-state index in [1.807, 2.05) is 26.8 Å². The van der Waals surface area contributed by atoms with E-state index in [1.54, 1.807) is 12.1 Å². The molecule has 3 aromatic rings. The van der Waals surface area contributed by atoms with Gasteiger partial charge in [-0.1, -0.05) is 44.5 Å². The van der Waals surface area contributed by atoms with E-state index in [4.69, 9.17) is 17.3 Å². The molecule has 0 aliphatic rings. The van der Waals surface area contributed by atoms with Gasteiger partial charge in [0, 0.05) is 17.5 Å². The number of aromatic amines is 1. The summed E-state index contributed by atoms with van der Waals surface area (Å²) in [6.07, 6.45) is -3.95. The molecule has 6 nitrogen and oxygen atoms in total. The fourth-order valence-corrected chi connectivity index (χ4v) is 3.09. The Bertz CT molecular complexity index is 1210. The normalized spacial score (nSPS) is 12.9. The molecule has 10 heteroatoms. The number of halogens is 4. The van der Waals surface area contributed by atoms with Gasteiger partial charge in [0.05, 0.1) is 22.1 Å². The van der Waals surface area contributed by atoms with Crippen molar-refractivity contribution in [2.75, 3.05) is 6.54 Å². The van der Waals surface area contributed by atoms with E-state index < -0.39 is 17.4 Å². The zero-order valence-electron chi connectivity index (χ0n) is 17.8. The van der Waals surface area contributed by atoms with Crippen molar-refractivity contribution >= 4 is 17.4 Å². The van der Waals surface area contributed by atoms with Crippen molar-refractivity contribution in [2.24, 2.45) is 16.1 Å². The Balaban J connectivity index is 1.90. The number of hydrogen-bond donors (Lipinski definition) is 2. The Labute approximate surface area is 187 Å². The monoisotopic (exact) mass is 465 g/mol. The van der Waals surface area contributed by atoms with Crippen LogP contribution in [0.5, 0.6) is 0 Å². The Kier molecular flexibility index (Phi) is 6.50. The third kappa shape index (κ3) is 5.40. The van der Waals surface area contributed by atoms with Crippen LogP contribution in [-0.4, -0.2) is 27.1 Å². The van der Waals surface area contributed by atoms with Gasteiger partial charge in [-0.3, -0.25) is 9.98 Å². The zero-order valence-corrected chi connectivity index (χ0v) is 18.6. The average Bonchev–Trinajstić information content (AvgIpc) is 3.09. The number of rotatable bonds is 5. The minimum atomic E-state index is -4.53. The molecular formula is C22H23ClF3N5O. The number of nitrogens with one attached hydrogen (secondary N) is 1. The van der Waals surface area contributed by atoms with Crippen LogP contribution in [0.4, 0.5) is 13.2 Å². The van der Waals surface area contributed by atoms with Crippen molar-refractivity contribution in [3.63, 3.8) is 0 Å². The number of nitrogens with two attached hydrogens (primary N) is 1. The summed E-state index contributed by atoms with van der Waals surface area (Å²) >= 11 is 6.30. The Hall–Kier alpha value is -3.07. The molecule has 0 atom stereocenters. The van der Waals surface area contributed by atoms with Crippen LogP contribution in [0, 0.1) is 5.41 Å². The summed E-state index contributed by atoms with van der Waals surface area (Å²) in [7, 11) is 0. The molecule has 0 aliphatic heterocycles. The van der Waals surface area contributed by atoms with Gasteiger partial charge in [-0.05, 0) is 42.3 Å². The summed E-state index contributed by atoms with van der Waals surface area (Å²) in [6.45, 7) is 6.40. The molecular weight excluding hydrogens is 443 g/mol. The van der Waals surface area contributed by atoms with Gasteiger partial charge < -0.3 is 5.73 Å². The standard InChI is InChI=1S/C22H23ClF3N5O/c1-21(2,3)19(27)28-10-9-13-7-8-17(23)16(11-13)18-29-20(32)31(30-18)15-6-4-5-14(12-15)22(24,25)26/h4-8,11-12H,9-10H2,1-3H3,(H2,27,28)(H,29,30,32). The number of aliphatic imine (C=N–C) groups is 1. The maximum atomic E-state index is 13.0. The van der Waals surface area contributed by atoms with Gasteiger partial charge in [0.25, 0.3) is 0 Å². The van der Waals surface area contributed by atoms with Crippen molar-refractivity contribution in [1.82, 2.24) is 14.8 Å². The first-order valence-corrected chi connectivity index (χ1v) is 10.2. The zero-order chi connectivity index (χ0) is 23.7. The van der Waals surface area contributed by atoms with E-state index in [1.165, 1.54) is 12.1 Å². The molecule has 1 heterocycles. The molecule has 2 aromatic carbocycles. The second-order valence-corrected chi connectivity index (χ2v) is 8.73. The van der Waals surface area contributed by atoms with Crippen LogP contribution in [-0.2, 0) is 12.6 Å². The average molecular weight is 466 g/mol. The molecule has 1 aromatic heterocycles. The van der Waals surface area contributed by atoms with Crippen molar-refractivity contribution in [1.29, 1.82) is 0 Å². The Morgan fingerprint density at radius 1 is 1.19 bits per heavy atom. The Morgan fingerprint density at radius 3 is 2.56 bits per heavy atom. The number of alkyl halides is 3. The largest absolute Gasteiger partial charge is 0.416 e. The lowest BCUT2D eigenvalue weighted by molar-refractivity contribution is -0.137. The predicted octanol–water partition coefficient (Wildman–Crippen LogP) is 4.85. The molecule has 0 unspecified atom stereocenters. The van der Waals surface area contributed by atoms with Crippen LogP contribution in [0.3, 0.4) is 0 Å². The van der Waals surface area contributed by atoms with Gasteiger partial charge in [0.1, 0.15) is 0 Å². The summed E-state index contributed by atoms with van der Waals surface area (Å²) in [5.74, 6) is 0.702. The fraction of sp³-hybridized carbons (Fsp3) is 0.318. The minimum Gasteiger partial charge on any atom is -0.387 e. The summed E-state index contributed by atoms with van der Waals surface area (Å²) in [4.78, 5) is 19.4. The van der Waals surface area contributed by atoms with E-state index in [2.05, 4.69) is 15.1 Å². The van der Waals surface area contributed by atoms with E-state index in [0.717, 1.165) is 22.4 Å². The lowest BCUT2D eigenvalue weighted by Crippen LogP contribution is -2.29. The molecule has 0 aliphatic carbocycles. The molecule has 3 N–H and O–H groups in total. The van der Waals surface area contributed by atoms with Crippen LogP contribution in [0.2, 0.25) is 5.02 Å². The van der Waals surface area contributed by atoms with E-state index in [-0.39, 0.29) is 16.9 Å². The number of nitrogens with zero attached hydrogens (tertiary/aromatic N) is 3. The molecule has 170 valence electrons. The molecule has 0 fully saturated rings. The predicted molar refractivity (Wildman–Crippen MR) is 119 cm³/mol. The quantitative estimate of drug-likeness (QED) is 0.417. The minimum absolute atomic E-state index is 0.00778. The molecule has 0 bridgehead atoms. The highest BCUT2D eigenvalue weighted by molar-refractivity contribution is 6.33. The smallest absolute Gasteiger partial charge is 0.387 e. The lowest BCUT2D eigenvalue weighted by atomic mass is 9.95. The highest BCUT2D eigenvalue weighted by Gasteiger charge is 2.30. The van der Waals surface area contributed by atoms with Crippen molar-refractivity contribution < 1.29 is 13.2 Å². The molecule has 0 saturated carbocycles. The van der Waals surface area contributed by atoms with Gasteiger partial charge in [0.2, 0.25) is 0 Å². The van der Waals surface area contributed by atoms with E-state index in [0.29, 0.717) is 29.4 Å². The molecule has 0 saturated heterocycles.